The quantitative estimate of drug-likeness (QED) is 0.493. The van der Waals surface area contributed by atoms with Gasteiger partial charge in [0.15, 0.2) is 0 Å². The van der Waals surface area contributed by atoms with E-state index in [-0.39, 0.29) is 16.8 Å². The molecule has 7 heteroatoms. The summed E-state index contributed by atoms with van der Waals surface area (Å²) in [6, 6.07) is 16.1. The van der Waals surface area contributed by atoms with Gasteiger partial charge in [-0.3, -0.25) is 4.79 Å². The molecule has 144 valence electrons. The molecule has 2 heterocycles. The molecule has 2 aromatic carbocycles. The SMILES string of the molecule is Cc1ccc(NC(=O)c2cc3cc(Cl)ccc3oc2=Nc2ccccc2F)nc1. The lowest BCUT2D eigenvalue weighted by atomic mass is 10.1. The Hall–Kier alpha value is -3.51. The first-order valence-electron chi connectivity index (χ1n) is 8.76. The van der Waals surface area contributed by atoms with Gasteiger partial charge in [0.2, 0.25) is 5.55 Å². The zero-order valence-corrected chi connectivity index (χ0v) is 16.1. The van der Waals surface area contributed by atoms with Crippen LogP contribution in [0.4, 0.5) is 15.9 Å². The summed E-state index contributed by atoms with van der Waals surface area (Å²) in [6.45, 7) is 1.90. The van der Waals surface area contributed by atoms with Crippen LogP contribution < -0.4 is 10.9 Å². The van der Waals surface area contributed by atoms with Gasteiger partial charge in [0.1, 0.15) is 28.5 Å². The number of rotatable bonds is 3. The lowest BCUT2D eigenvalue weighted by Gasteiger charge is -2.07. The number of para-hydroxylation sites is 1. The molecule has 4 aromatic rings. The normalized spacial score (nSPS) is 11.6. The van der Waals surface area contributed by atoms with Gasteiger partial charge in [-0.2, -0.15) is 0 Å². The van der Waals surface area contributed by atoms with Crippen molar-refractivity contribution < 1.29 is 13.6 Å². The Bertz CT molecular complexity index is 1280. The molecule has 0 atom stereocenters. The van der Waals surface area contributed by atoms with Crippen LogP contribution in [0, 0.1) is 12.7 Å². The van der Waals surface area contributed by atoms with E-state index in [0.29, 0.717) is 21.8 Å². The molecule has 0 aliphatic heterocycles. The first-order valence-corrected chi connectivity index (χ1v) is 9.14. The van der Waals surface area contributed by atoms with Crippen molar-refractivity contribution in [3.05, 3.63) is 94.4 Å². The van der Waals surface area contributed by atoms with Gasteiger partial charge in [-0.1, -0.05) is 29.8 Å². The minimum Gasteiger partial charge on any atom is -0.438 e. The number of aryl methyl sites for hydroxylation is 1. The molecule has 0 bridgehead atoms. The second-order valence-corrected chi connectivity index (χ2v) is 6.82. The molecule has 2 aromatic heterocycles. The Morgan fingerprint density at radius 3 is 2.72 bits per heavy atom. The highest BCUT2D eigenvalue weighted by Crippen LogP contribution is 2.21. The highest BCUT2D eigenvalue weighted by atomic mass is 35.5. The Morgan fingerprint density at radius 1 is 1.14 bits per heavy atom. The van der Waals surface area contributed by atoms with Gasteiger partial charge in [0.05, 0.1) is 0 Å². The van der Waals surface area contributed by atoms with Gasteiger partial charge >= 0.3 is 0 Å². The molecule has 0 unspecified atom stereocenters. The Labute approximate surface area is 170 Å². The van der Waals surface area contributed by atoms with Crippen LogP contribution in [-0.2, 0) is 0 Å². The molecular weight excluding hydrogens is 393 g/mol. The maximum absolute atomic E-state index is 14.1. The van der Waals surface area contributed by atoms with Crippen molar-refractivity contribution in [1.82, 2.24) is 4.98 Å². The standard InChI is InChI=1S/C22H15ClFN3O2/c1-13-6-9-20(25-12-13)27-21(28)16-11-14-10-15(23)7-8-19(14)29-22(16)26-18-5-3-2-4-17(18)24/h2-12H,1H3,(H,25,27,28). The number of anilines is 1. The summed E-state index contributed by atoms with van der Waals surface area (Å²) < 4.78 is 19.9. The van der Waals surface area contributed by atoms with E-state index in [4.69, 9.17) is 16.0 Å². The number of nitrogens with one attached hydrogen (secondary N) is 1. The largest absolute Gasteiger partial charge is 0.438 e. The monoisotopic (exact) mass is 407 g/mol. The second-order valence-electron chi connectivity index (χ2n) is 6.39. The van der Waals surface area contributed by atoms with Crippen LogP contribution in [0.15, 0.2) is 76.3 Å². The lowest BCUT2D eigenvalue weighted by molar-refractivity contribution is 0.102. The first-order chi connectivity index (χ1) is 14.0. The molecule has 4 rings (SSSR count). The van der Waals surface area contributed by atoms with Crippen LogP contribution in [-0.4, -0.2) is 10.9 Å². The average molecular weight is 408 g/mol. The van der Waals surface area contributed by atoms with Crippen LogP contribution in [0.25, 0.3) is 11.0 Å². The molecule has 1 N–H and O–H groups in total. The number of carbonyl (C=O) groups is 1. The lowest BCUT2D eigenvalue weighted by Crippen LogP contribution is -2.22. The number of halogens is 2. The van der Waals surface area contributed by atoms with E-state index < -0.39 is 11.7 Å². The van der Waals surface area contributed by atoms with E-state index in [2.05, 4.69) is 15.3 Å². The highest BCUT2D eigenvalue weighted by Gasteiger charge is 2.14. The molecule has 0 aliphatic rings. The summed E-state index contributed by atoms with van der Waals surface area (Å²) in [6.07, 6.45) is 1.64. The van der Waals surface area contributed by atoms with E-state index in [9.17, 15) is 9.18 Å². The molecule has 29 heavy (non-hydrogen) atoms. The predicted octanol–water partition coefficient (Wildman–Crippen LogP) is 5.41. The van der Waals surface area contributed by atoms with E-state index in [0.717, 1.165) is 5.56 Å². The number of carbonyl (C=O) groups excluding carboxylic acids is 1. The van der Waals surface area contributed by atoms with Gasteiger partial charge in [-0.15, -0.1) is 0 Å². The van der Waals surface area contributed by atoms with Crippen molar-refractivity contribution in [2.45, 2.75) is 6.92 Å². The van der Waals surface area contributed by atoms with Gasteiger partial charge in [0, 0.05) is 16.6 Å². The van der Waals surface area contributed by atoms with Gasteiger partial charge in [-0.05, 0) is 55.0 Å². The van der Waals surface area contributed by atoms with Crippen LogP contribution in [0.1, 0.15) is 15.9 Å². The number of fused-ring (bicyclic) bond motifs is 1. The van der Waals surface area contributed by atoms with Crippen LogP contribution in [0.2, 0.25) is 5.02 Å². The summed E-state index contributed by atoms with van der Waals surface area (Å²) in [5, 5.41) is 3.82. The fourth-order valence-corrected chi connectivity index (χ4v) is 2.90. The summed E-state index contributed by atoms with van der Waals surface area (Å²) in [5.74, 6) is -0.629. The van der Waals surface area contributed by atoms with Crippen LogP contribution in [0.3, 0.4) is 0 Å². The third-order valence-corrected chi connectivity index (χ3v) is 4.42. The molecule has 5 nitrogen and oxygen atoms in total. The number of nitrogens with zero attached hydrogens (tertiary/aromatic N) is 2. The smallest absolute Gasteiger partial charge is 0.262 e. The third-order valence-electron chi connectivity index (χ3n) is 4.18. The maximum atomic E-state index is 14.1. The minimum absolute atomic E-state index is 0.0189. The van der Waals surface area contributed by atoms with Crippen LogP contribution in [0.5, 0.6) is 0 Å². The Balaban J connectivity index is 1.86. The number of pyridine rings is 1. The van der Waals surface area contributed by atoms with Crippen molar-refractivity contribution in [3.63, 3.8) is 0 Å². The average Bonchev–Trinajstić information content (AvgIpc) is 2.71. The highest BCUT2D eigenvalue weighted by molar-refractivity contribution is 6.31. The van der Waals surface area contributed by atoms with E-state index in [1.54, 1.807) is 48.7 Å². The van der Waals surface area contributed by atoms with E-state index in [1.807, 2.05) is 13.0 Å². The summed E-state index contributed by atoms with van der Waals surface area (Å²) in [5.41, 5.74) is 1.61. The zero-order chi connectivity index (χ0) is 20.4. The van der Waals surface area contributed by atoms with E-state index in [1.165, 1.54) is 12.1 Å². The molecule has 0 saturated carbocycles. The Morgan fingerprint density at radius 2 is 1.97 bits per heavy atom. The first kappa shape index (κ1) is 18.8. The predicted molar refractivity (Wildman–Crippen MR) is 110 cm³/mol. The molecule has 0 fully saturated rings. The number of hydrogen-bond acceptors (Lipinski definition) is 4. The van der Waals surface area contributed by atoms with Crippen molar-refractivity contribution in [2.75, 3.05) is 5.32 Å². The number of aromatic nitrogens is 1. The molecule has 0 aliphatic carbocycles. The third kappa shape index (κ3) is 4.17. The maximum Gasteiger partial charge on any atom is 0.262 e. The number of hydrogen-bond donors (Lipinski definition) is 1. The van der Waals surface area contributed by atoms with Crippen molar-refractivity contribution >= 4 is 40.0 Å². The fraction of sp³-hybridized carbons (Fsp3) is 0.0455. The zero-order valence-electron chi connectivity index (χ0n) is 15.3. The molecular formula is C22H15ClFN3O2. The molecule has 0 spiro atoms. The molecule has 0 radical (unpaired) electrons. The second kappa shape index (κ2) is 7.85. The van der Waals surface area contributed by atoms with Crippen LogP contribution >= 0.6 is 11.6 Å². The van der Waals surface area contributed by atoms with Crippen molar-refractivity contribution in [2.24, 2.45) is 4.99 Å². The van der Waals surface area contributed by atoms with Gasteiger partial charge in [-0.25, -0.2) is 14.4 Å². The Kier molecular flexibility index (Phi) is 5.10. The van der Waals surface area contributed by atoms with Crippen molar-refractivity contribution in [3.8, 4) is 0 Å². The fourth-order valence-electron chi connectivity index (χ4n) is 2.72. The topological polar surface area (TPSA) is 67.5 Å². The minimum atomic E-state index is -0.523. The van der Waals surface area contributed by atoms with Crippen molar-refractivity contribution in [1.29, 1.82) is 0 Å². The van der Waals surface area contributed by atoms with E-state index >= 15 is 0 Å². The summed E-state index contributed by atoms with van der Waals surface area (Å²) in [7, 11) is 0. The summed E-state index contributed by atoms with van der Waals surface area (Å²) >= 11 is 6.06. The molecule has 1 amide bonds. The summed E-state index contributed by atoms with van der Waals surface area (Å²) in [4.78, 5) is 21.3. The number of benzene rings is 2. The van der Waals surface area contributed by atoms with Gasteiger partial charge in [0.25, 0.3) is 5.91 Å². The van der Waals surface area contributed by atoms with Gasteiger partial charge < -0.3 is 9.73 Å². The molecule has 0 saturated heterocycles. The number of amides is 1.